The first-order valence-electron chi connectivity index (χ1n) is 8.60. The van der Waals surface area contributed by atoms with Crippen molar-refractivity contribution in [2.24, 2.45) is 0 Å². The summed E-state index contributed by atoms with van der Waals surface area (Å²) in [5, 5.41) is 11.0. The maximum Gasteiger partial charge on any atom is 0.243 e. The number of thiophene rings is 1. The van der Waals surface area contributed by atoms with Crippen molar-refractivity contribution in [3.05, 3.63) is 82.3 Å². The third-order valence-corrected chi connectivity index (χ3v) is 6.73. The Hall–Kier alpha value is -2.64. The molecule has 4 nitrogen and oxygen atoms in total. The van der Waals surface area contributed by atoms with Crippen LogP contribution in [-0.2, 0) is 4.79 Å². The van der Waals surface area contributed by atoms with Crippen LogP contribution >= 0.6 is 23.1 Å². The van der Waals surface area contributed by atoms with Crippen molar-refractivity contribution < 1.29 is 19.1 Å². The minimum Gasteiger partial charge on any atom is -0.508 e. The maximum atomic E-state index is 13.3. The fourth-order valence-electron chi connectivity index (χ4n) is 3.18. The van der Waals surface area contributed by atoms with E-state index in [4.69, 9.17) is 0 Å². The Kier molecular flexibility index (Phi) is 5.19. The van der Waals surface area contributed by atoms with Crippen molar-refractivity contribution in [1.82, 2.24) is 0 Å². The van der Waals surface area contributed by atoms with Gasteiger partial charge in [0.1, 0.15) is 16.8 Å². The summed E-state index contributed by atoms with van der Waals surface area (Å²) in [5.74, 6) is -0.140. The zero-order valence-electron chi connectivity index (χ0n) is 14.6. The topological polar surface area (TPSA) is 57.6 Å². The van der Waals surface area contributed by atoms with Gasteiger partial charge in [-0.15, -0.1) is 23.1 Å². The van der Waals surface area contributed by atoms with Gasteiger partial charge in [-0.1, -0.05) is 18.2 Å². The fourth-order valence-corrected chi connectivity index (χ4v) is 5.14. The number of carbonyl (C=O) groups is 2. The van der Waals surface area contributed by atoms with E-state index in [0.29, 0.717) is 10.6 Å². The number of hydrogen-bond acceptors (Lipinski definition) is 5. The summed E-state index contributed by atoms with van der Waals surface area (Å²) in [6, 6.07) is 15.7. The van der Waals surface area contributed by atoms with Crippen LogP contribution in [0.2, 0.25) is 0 Å². The fraction of sp³-hybridized carbons (Fsp3) is 0.143. The van der Waals surface area contributed by atoms with Gasteiger partial charge in [-0.2, -0.15) is 0 Å². The highest BCUT2D eigenvalue weighted by atomic mass is 32.2. The Morgan fingerprint density at radius 2 is 1.82 bits per heavy atom. The van der Waals surface area contributed by atoms with Crippen molar-refractivity contribution in [1.29, 1.82) is 0 Å². The normalized spacial score (nSPS) is 18.8. The molecule has 1 aliphatic heterocycles. The number of nitrogens with zero attached hydrogens (tertiary/aromatic N) is 1. The number of phenolic OH excluding ortho intramolecular Hbond substituents is 1. The number of benzene rings is 2. The van der Waals surface area contributed by atoms with Gasteiger partial charge in [0.25, 0.3) is 0 Å². The molecule has 0 bridgehead atoms. The monoisotopic (exact) mass is 413 g/mol. The van der Waals surface area contributed by atoms with Gasteiger partial charge in [0.15, 0.2) is 5.78 Å². The zero-order chi connectivity index (χ0) is 19.7. The minimum atomic E-state index is -0.418. The van der Waals surface area contributed by atoms with Crippen LogP contribution in [-0.4, -0.2) is 27.8 Å². The van der Waals surface area contributed by atoms with Crippen molar-refractivity contribution >= 4 is 40.5 Å². The number of halogens is 1. The van der Waals surface area contributed by atoms with Gasteiger partial charge < -0.3 is 10.0 Å². The molecule has 2 aromatic carbocycles. The quantitative estimate of drug-likeness (QED) is 0.471. The predicted octanol–water partition coefficient (Wildman–Crippen LogP) is 4.67. The molecule has 1 fully saturated rings. The van der Waals surface area contributed by atoms with Gasteiger partial charge in [0.05, 0.1) is 16.7 Å². The molecule has 1 N–H and O–H groups in total. The second-order valence-corrected chi connectivity index (χ2v) is 8.43. The second kappa shape index (κ2) is 7.77. The number of phenols is 1. The summed E-state index contributed by atoms with van der Waals surface area (Å²) in [4.78, 5) is 27.5. The molecule has 3 aromatic rings. The minimum absolute atomic E-state index is 0.00233. The molecule has 2 heterocycles. The number of β-lactam (4-membered cyclic amide) rings is 1. The Balaban J connectivity index is 1.58. The van der Waals surface area contributed by atoms with Crippen LogP contribution in [0.25, 0.3) is 0 Å². The standard InChI is InChI=1S/C21H16FNO3S2/c22-14-5-7-15(8-6-14)23-19(13-3-9-16(24)10-4-13)20(21(23)26)28-12-17(25)18-2-1-11-27-18/h1-11,19-20,24H,12H2. The van der Waals surface area contributed by atoms with E-state index in [1.54, 1.807) is 47.4 Å². The number of carbonyl (C=O) groups excluding carboxylic acids is 2. The van der Waals surface area contributed by atoms with Crippen LogP contribution in [0, 0.1) is 5.82 Å². The van der Waals surface area contributed by atoms with E-state index in [9.17, 15) is 19.1 Å². The van der Waals surface area contributed by atoms with E-state index in [2.05, 4.69) is 0 Å². The van der Waals surface area contributed by atoms with Gasteiger partial charge in [-0.3, -0.25) is 9.59 Å². The number of hydrogen-bond donors (Lipinski definition) is 1. The van der Waals surface area contributed by atoms with Crippen LogP contribution < -0.4 is 4.90 Å². The first kappa shape index (κ1) is 18.7. The lowest BCUT2D eigenvalue weighted by molar-refractivity contribution is -0.123. The van der Waals surface area contributed by atoms with E-state index in [-0.39, 0.29) is 35.1 Å². The lowest BCUT2D eigenvalue weighted by Crippen LogP contribution is -2.57. The zero-order valence-corrected chi connectivity index (χ0v) is 16.3. The molecule has 1 aliphatic rings. The van der Waals surface area contributed by atoms with Crippen molar-refractivity contribution in [2.75, 3.05) is 10.7 Å². The van der Waals surface area contributed by atoms with Gasteiger partial charge in [-0.05, 0) is 53.4 Å². The molecule has 2 unspecified atom stereocenters. The molecule has 0 spiro atoms. The Labute approximate surface area is 169 Å². The van der Waals surface area contributed by atoms with Gasteiger partial charge in [0, 0.05) is 5.69 Å². The molecule has 0 aliphatic carbocycles. The molecule has 0 saturated carbocycles. The SMILES string of the molecule is O=C(CSC1C(=O)N(c2ccc(F)cc2)C1c1ccc(O)cc1)c1cccs1. The molecule has 28 heavy (non-hydrogen) atoms. The summed E-state index contributed by atoms with van der Waals surface area (Å²) in [5.41, 5.74) is 1.45. The lowest BCUT2D eigenvalue weighted by Gasteiger charge is -2.47. The van der Waals surface area contributed by atoms with Crippen LogP contribution in [0.3, 0.4) is 0 Å². The van der Waals surface area contributed by atoms with E-state index in [1.165, 1.54) is 35.2 Å². The van der Waals surface area contributed by atoms with Crippen molar-refractivity contribution in [2.45, 2.75) is 11.3 Å². The summed E-state index contributed by atoms with van der Waals surface area (Å²) in [6.07, 6.45) is 0. The molecule has 1 saturated heterocycles. The highest BCUT2D eigenvalue weighted by Crippen LogP contribution is 2.45. The van der Waals surface area contributed by atoms with Crippen LogP contribution in [0.15, 0.2) is 66.0 Å². The molecule has 4 rings (SSSR count). The highest BCUT2D eigenvalue weighted by Gasteiger charge is 2.49. The lowest BCUT2D eigenvalue weighted by atomic mass is 9.92. The molecule has 142 valence electrons. The average molecular weight is 413 g/mol. The third kappa shape index (κ3) is 3.55. The summed E-state index contributed by atoms with van der Waals surface area (Å²) in [6.45, 7) is 0. The summed E-state index contributed by atoms with van der Waals surface area (Å²) < 4.78 is 13.3. The number of thioether (sulfide) groups is 1. The number of ketones is 1. The van der Waals surface area contributed by atoms with Crippen molar-refractivity contribution in [3.63, 3.8) is 0 Å². The molecule has 1 aromatic heterocycles. The molecular formula is C21H16FNO3S2. The van der Waals surface area contributed by atoms with E-state index < -0.39 is 5.25 Å². The Morgan fingerprint density at radius 3 is 2.46 bits per heavy atom. The number of Topliss-reactive ketones (excluding diaryl/α,β-unsaturated/α-hetero) is 1. The van der Waals surface area contributed by atoms with Crippen LogP contribution in [0.1, 0.15) is 21.3 Å². The molecule has 2 atom stereocenters. The Bertz CT molecular complexity index is 988. The van der Waals surface area contributed by atoms with Crippen molar-refractivity contribution in [3.8, 4) is 5.75 Å². The van der Waals surface area contributed by atoms with E-state index >= 15 is 0 Å². The number of anilines is 1. The van der Waals surface area contributed by atoms with E-state index in [1.807, 2.05) is 11.4 Å². The molecule has 7 heteroatoms. The van der Waals surface area contributed by atoms with Gasteiger partial charge in [-0.25, -0.2) is 4.39 Å². The number of aromatic hydroxyl groups is 1. The second-order valence-electron chi connectivity index (χ2n) is 6.35. The molecule has 1 amide bonds. The third-order valence-electron chi connectivity index (χ3n) is 4.58. The first-order valence-corrected chi connectivity index (χ1v) is 10.5. The largest absolute Gasteiger partial charge is 0.508 e. The Morgan fingerprint density at radius 1 is 1.11 bits per heavy atom. The highest BCUT2D eigenvalue weighted by molar-refractivity contribution is 8.01. The maximum absolute atomic E-state index is 13.3. The van der Waals surface area contributed by atoms with Crippen LogP contribution in [0.4, 0.5) is 10.1 Å². The number of rotatable bonds is 6. The smallest absolute Gasteiger partial charge is 0.243 e. The van der Waals surface area contributed by atoms with E-state index in [0.717, 1.165) is 5.56 Å². The molecule has 0 radical (unpaired) electrons. The first-order chi connectivity index (χ1) is 13.5. The van der Waals surface area contributed by atoms with Gasteiger partial charge >= 0.3 is 0 Å². The summed E-state index contributed by atoms with van der Waals surface area (Å²) >= 11 is 2.70. The number of amides is 1. The van der Waals surface area contributed by atoms with Crippen LogP contribution in [0.5, 0.6) is 5.75 Å². The predicted molar refractivity (Wildman–Crippen MR) is 110 cm³/mol. The average Bonchev–Trinajstić information content (AvgIpc) is 3.23. The molecular weight excluding hydrogens is 397 g/mol. The summed E-state index contributed by atoms with van der Waals surface area (Å²) in [7, 11) is 0. The van der Waals surface area contributed by atoms with Gasteiger partial charge in [0.2, 0.25) is 5.91 Å².